The molecule has 1 amide bonds. The molecule has 0 aliphatic carbocycles. The standard InChI is InChI=1S/C23H23N3O2/c1-28-22-9-5-4-7-18(22)15-25-23(27)21-14-20(10-12-24-21)26-13-11-17-6-2-3-8-19(17)16-26/h2-10,12,14H,11,13,15-16H2,1H3,(H,25,27). The second-order valence-corrected chi connectivity index (χ2v) is 6.83. The Hall–Kier alpha value is -3.34. The summed E-state index contributed by atoms with van der Waals surface area (Å²) < 4.78 is 5.34. The molecule has 0 saturated heterocycles. The predicted octanol–water partition coefficient (Wildman–Crippen LogP) is 3.58. The SMILES string of the molecule is COc1ccccc1CNC(=O)c1cc(N2CCc3ccccc3C2)ccn1. The van der Waals surface area contributed by atoms with Crippen LogP contribution in [0, 0.1) is 0 Å². The van der Waals surface area contributed by atoms with Crippen LogP contribution in [0.2, 0.25) is 0 Å². The molecule has 1 aromatic heterocycles. The first-order valence-corrected chi connectivity index (χ1v) is 9.42. The molecule has 0 radical (unpaired) electrons. The number of para-hydroxylation sites is 1. The highest BCUT2D eigenvalue weighted by atomic mass is 16.5. The van der Waals surface area contributed by atoms with E-state index in [-0.39, 0.29) is 5.91 Å². The Labute approximate surface area is 165 Å². The third-order valence-corrected chi connectivity index (χ3v) is 5.10. The molecule has 0 spiro atoms. The van der Waals surface area contributed by atoms with Crippen molar-refractivity contribution in [3.8, 4) is 5.75 Å². The lowest BCUT2D eigenvalue weighted by Crippen LogP contribution is -2.31. The molecule has 2 aromatic carbocycles. The molecule has 3 aromatic rings. The number of nitrogens with one attached hydrogen (secondary N) is 1. The van der Waals surface area contributed by atoms with Gasteiger partial charge in [-0.25, -0.2) is 0 Å². The van der Waals surface area contributed by atoms with Crippen molar-refractivity contribution in [2.75, 3.05) is 18.6 Å². The van der Waals surface area contributed by atoms with Gasteiger partial charge in [0.2, 0.25) is 0 Å². The molecule has 0 atom stereocenters. The minimum absolute atomic E-state index is 0.190. The summed E-state index contributed by atoms with van der Waals surface area (Å²) in [4.78, 5) is 19.2. The number of pyridine rings is 1. The Kier molecular flexibility index (Phi) is 5.24. The van der Waals surface area contributed by atoms with E-state index in [4.69, 9.17) is 4.74 Å². The summed E-state index contributed by atoms with van der Waals surface area (Å²) in [5.74, 6) is 0.571. The van der Waals surface area contributed by atoms with Gasteiger partial charge in [0, 0.05) is 37.1 Å². The second-order valence-electron chi connectivity index (χ2n) is 6.83. The smallest absolute Gasteiger partial charge is 0.270 e. The molecule has 0 fully saturated rings. The maximum absolute atomic E-state index is 12.6. The maximum atomic E-state index is 12.6. The fraction of sp³-hybridized carbons (Fsp3) is 0.217. The van der Waals surface area contributed by atoms with Crippen LogP contribution in [0.3, 0.4) is 0 Å². The van der Waals surface area contributed by atoms with Crippen molar-refractivity contribution in [2.45, 2.75) is 19.5 Å². The first-order chi connectivity index (χ1) is 13.7. The number of hydrogen-bond acceptors (Lipinski definition) is 4. The van der Waals surface area contributed by atoms with E-state index in [1.165, 1.54) is 11.1 Å². The van der Waals surface area contributed by atoms with Crippen LogP contribution in [0.15, 0.2) is 66.9 Å². The Morgan fingerprint density at radius 1 is 1.11 bits per heavy atom. The van der Waals surface area contributed by atoms with E-state index in [0.717, 1.165) is 36.5 Å². The zero-order chi connectivity index (χ0) is 19.3. The fourth-order valence-electron chi connectivity index (χ4n) is 3.57. The van der Waals surface area contributed by atoms with Gasteiger partial charge in [-0.2, -0.15) is 0 Å². The van der Waals surface area contributed by atoms with E-state index in [1.807, 2.05) is 36.4 Å². The highest BCUT2D eigenvalue weighted by molar-refractivity contribution is 5.93. The quantitative estimate of drug-likeness (QED) is 0.743. The number of benzene rings is 2. The van der Waals surface area contributed by atoms with Crippen LogP contribution < -0.4 is 15.0 Å². The van der Waals surface area contributed by atoms with Crippen LogP contribution in [0.5, 0.6) is 5.75 Å². The second kappa shape index (κ2) is 8.13. The minimum Gasteiger partial charge on any atom is -0.496 e. The van der Waals surface area contributed by atoms with Crippen molar-refractivity contribution in [3.05, 3.63) is 89.2 Å². The highest BCUT2D eigenvalue weighted by Crippen LogP contribution is 2.24. The van der Waals surface area contributed by atoms with Gasteiger partial charge >= 0.3 is 0 Å². The molecule has 0 unspecified atom stereocenters. The zero-order valence-corrected chi connectivity index (χ0v) is 15.9. The Balaban J connectivity index is 1.46. The summed E-state index contributed by atoms with van der Waals surface area (Å²) in [6.45, 7) is 2.18. The number of amides is 1. The zero-order valence-electron chi connectivity index (χ0n) is 15.9. The number of aromatic nitrogens is 1. The molecule has 28 heavy (non-hydrogen) atoms. The van der Waals surface area contributed by atoms with Crippen LogP contribution in [0.25, 0.3) is 0 Å². The lowest BCUT2D eigenvalue weighted by atomic mass is 9.99. The summed E-state index contributed by atoms with van der Waals surface area (Å²) in [7, 11) is 1.63. The lowest BCUT2D eigenvalue weighted by Gasteiger charge is -2.30. The van der Waals surface area contributed by atoms with E-state index in [2.05, 4.69) is 39.5 Å². The van der Waals surface area contributed by atoms with E-state index < -0.39 is 0 Å². The normalized spacial score (nSPS) is 13.0. The van der Waals surface area contributed by atoms with Crippen LogP contribution >= 0.6 is 0 Å². The van der Waals surface area contributed by atoms with Gasteiger partial charge in [0.05, 0.1) is 7.11 Å². The summed E-state index contributed by atoms with van der Waals surface area (Å²) in [5, 5.41) is 2.94. The molecule has 0 bridgehead atoms. The maximum Gasteiger partial charge on any atom is 0.270 e. The number of carbonyl (C=O) groups excluding carboxylic acids is 1. The first-order valence-electron chi connectivity index (χ1n) is 9.42. The number of fused-ring (bicyclic) bond motifs is 1. The number of rotatable bonds is 5. The average Bonchev–Trinajstić information content (AvgIpc) is 2.77. The van der Waals surface area contributed by atoms with Crippen molar-refractivity contribution >= 4 is 11.6 Å². The van der Waals surface area contributed by atoms with Crippen molar-refractivity contribution in [3.63, 3.8) is 0 Å². The number of anilines is 1. The predicted molar refractivity (Wildman–Crippen MR) is 110 cm³/mol. The Bertz CT molecular complexity index is 987. The van der Waals surface area contributed by atoms with Crippen LogP contribution in [-0.4, -0.2) is 24.5 Å². The Morgan fingerprint density at radius 3 is 2.75 bits per heavy atom. The summed E-state index contributed by atoms with van der Waals surface area (Å²) in [6, 6.07) is 20.0. The number of methoxy groups -OCH3 is 1. The monoisotopic (exact) mass is 373 g/mol. The van der Waals surface area contributed by atoms with Gasteiger partial charge in [-0.15, -0.1) is 0 Å². The first kappa shape index (κ1) is 18.0. The van der Waals surface area contributed by atoms with Crippen LogP contribution in [-0.2, 0) is 19.5 Å². The largest absolute Gasteiger partial charge is 0.496 e. The number of ether oxygens (including phenoxy) is 1. The topological polar surface area (TPSA) is 54.5 Å². The molecule has 5 heteroatoms. The van der Waals surface area contributed by atoms with Gasteiger partial charge in [-0.05, 0) is 35.7 Å². The fourth-order valence-corrected chi connectivity index (χ4v) is 3.57. The molecule has 0 saturated carbocycles. The van der Waals surface area contributed by atoms with Gasteiger partial charge in [0.25, 0.3) is 5.91 Å². The van der Waals surface area contributed by atoms with Gasteiger partial charge in [-0.1, -0.05) is 42.5 Å². The van der Waals surface area contributed by atoms with E-state index in [1.54, 1.807) is 13.3 Å². The van der Waals surface area contributed by atoms with Crippen LogP contribution in [0.4, 0.5) is 5.69 Å². The lowest BCUT2D eigenvalue weighted by molar-refractivity contribution is 0.0945. The van der Waals surface area contributed by atoms with Crippen molar-refractivity contribution in [2.24, 2.45) is 0 Å². The third-order valence-electron chi connectivity index (χ3n) is 5.10. The van der Waals surface area contributed by atoms with Crippen molar-refractivity contribution < 1.29 is 9.53 Å². The van der Waals surface area contributed by atoms with Gasteiger partial charge in [0.1, 0.15) is 11.4 Å². The van der Waals surface area contributed by atoms with Gasteiger partial charge in [0.15, 0.2) is 0 Å². The molecule has 1 aliphatic heterocycles. The van der Waals surface area contributed by atoms with Crippen LogP contribution in [0.1, 0.15) is 27.2 Å². The number of nitrogens with zero attached hydrogens (tertiary/aromatic N) is 2. The van der Waals surface area contributed by atoms with Gasteiger partial charge in [-0.3, -0.25) is 9.78 Å². The van der Waals surface area contributed by atoms with E-state index >= 15 is 0 Å². The Morgan fingerprint density at radius 2 is 1.89 bits per heavy atom. The van der Waals surface area contributed by atoms with Crippen molar-refractivity contribution in [1.82, 2.24) is 10.3 Å². The molecule has 1 aliphatic rings. The third kappa shape index (κ3) is 3.83. The highest BCUT2D eigenvalue weighted by Gasteiger charge is 2.17. The molecule has 2 heterocycles. The summed E-state index contributed by atoms with van der Waals surface area (Å²) in [6.07, 6.45) is 2.71. The molecule has 4 rings (SSSR count). The average molecular weight is 373 g/mol. The molecule has 5 nitrogen and oxygen atoms in total. The number of hydrogen-bond donors (Lipinski definition) is 1. The summed E-state index contributed by atoms with van der Waals surface area (Å²) in [5.41, 5.74) is 5.12. The minimum atomic E-state index is -0.190. The molecular formula is C23H23N3O2. The molecular weight excluding hydrogens is 350 g/mol. The van der Waals surface area contributed by atoms with E-state index in [9.17, 15) is 4.79 Å². The van der Waals surface area contributed by atoms with E-state index in [0.29, 0.717) is 12.2 Å². The molecule has 1 N–H and O–H groups in total. The summed E-state index contributed by atoms with van der Waals surface area (Å²) >= 11 is 0. The van der Waals surface area contributed by atoms with Crippen molar-refractivity contribution in [1.29, 1.82) is 0 Å². The number of carbonyl (C=O) groups is 1. The van der Waals surface area contributed by atoms with Gasteiger partial charge < -0.3 is 15.0 Å². The molecule has 142 valence electrons.